The number of carbonyl (C=O) groups is 1. The molecule has 0 saturated heterocycles. The molecule has 0 saturated carbocycles. The van der Waals surface area contributed by atoms with Gasteiger partial charge >= 0.3 is 0 Å². The van der Waals surface area contributed by atoms with Crippen LogP contribution in [0.4, 0.5) is 13.2 Å². The van der Waals surface area contributed by atoms with Gasteiger partial charge in [0.1, 0.15) is 12.4 Å². The normalized spacial score (nSPS) is 10.7. The number of carbonyl (C=O) groups excluding carboxylic acids is 1. The van der Waals surface area contributed by atoms with Crippen molar-refractivity contribution in [2.75, 3.05) is 20.3 Å². The summed E-state index contributed by atoms with van der Waals surface area (Å²) in [4.78, 5) is 11.5. The van der Waals surface area contributed by atoms with Gasteiger partial charge in [-0.05, 0) is 42.8 Å². The molecule has 0 N–H and O–H groups in total. The summed E-state index contributed by atoms with van der Waals surface area (Å²) in [6.45, 7) is 1.91. The number of ketones is 1. The minimum absolute atomic E-state index is 0.0805. The molecule has 23 heavy (non-hydrogen) atoms. The monoisotopic (exact) mass is 324 g/mol. The molecule has 2 aromatic rings. The van der Waals surface area contributed by atoms with Crippen LogP contribution in [0.15, 0.2) is 30.3 Å². The Balaban J connectivity index is 2.52. The lowest BCUT2D eigenvalue weighted by atomic mass is 10.00. The number of benzene rings is 2. The summed E-state index contributed by atoms with van der Waals surface area (Å²) in [5, 5.41) is 0. The van der Waals surface area contributed by atoms with Crippen LogP contribution in [-0.2, 0) is 4.74 Å². The quantitative estimate of drug-likeness (QED) is 0.458. The van der Waals surface area contributed by atoms with Gasteiger partial charge in [0.2, 0.25) is 0 Å². The van der Waals surface area contributed by atoms with E-state index < -0.39 is 17.5 Å². The first-order chi connectivity index (χ1) is 10.9. The fraction of sp³-hybridized carbons (Fsp3) is 0.235. The fourth-order valence-electron chi connectivity index (χ4n) is 2.05. The van der Waals surface area contributed by atoms with Crippen LogP contribution in [0.2, 0.25) is 0 Å². The Morgan fingerprint density at radius 1 is 1.04 bits per heavy atom. The van der Waals surface area contributed by atoms with Gasteiger partial charge in [0, 0.05) is 18.2 Å². The molecule has 0 radical (unpaired) electrons. The summed E-state index contributed by atoms with van der Waals surface area (Å²) in [6.07, 6.45) is 0. The maximum Gasteiger partial charge on any atom is 0.194 e. The standard InChI is InChI=1S/C17H15F3O3/c1-10(21)11-3-4-16(23-6-5-22-2)13(7-11)12-8-14(18)17(20)15(19)9-12/h3-4,7-9H,5-6H2,1-2H3. The minimum Gasteiger partial charge on any atom is -0.491 e. The molecule has 0 aliphatic heterocycles. The number of ether oxygens (including phenoxy) is 2. The van der Waals surface area contributed by atoms with E-state index in [2.05, 4.69) is 0 Å². The third-order valence-electron chi connectivity index (χ3n) is 3.23. The highest BCUT2D eigenvalue weighted by atomic mass is 19.2. The van der Waals surface area contributed by atoms with E-state index in [4.69, 9.17) is 9.47 Å². The third-order valence-corrected chi connectivity index (χ3v) is 3.23. The summed E-state index contributed by atoms with van der Waals surface area (Å²) >= 11 is 0. The lowest BCUT2D eigenvalue weighted by Gasteiger charge is -2.13. The van der Waals surface area contributed by atoms with Crippen LogP contribution in [0.5, 0.6) is 5.75 Å². The van der Waals surface area contributed by atoms with Crippen LogP contribution in [0.25, 0.3) is 11.1 Å². The van der Waals surface area contributed by atoms with Crippen LogP contribution in [-0.4, -0.2) is 26.1 Å². The second kappa shape index (κ2) is 7.28. The van der Waals surface area contributed by atoms with E-state index in [-0.39, 0.29) is 18.0 Å². The molecular formula is C17H15F3O3. The highest BCUT2D eigenvalue weighted by molar-refractivity contribution is 5.96. The van der Waals surface area contributed by atoms with Crippen molar-refractivity contribution >= 4 is 5.78 Å². The van der Waals surface area contributed by atoms with Gasteiger partial charge in [-0.15, -0.1) is 0 Å². The zero-order chi connectivity index (χ0) is 17.0. The molecule has 0 spiro atoms. The van der Waals surface area contributed by atoms with Crippen LogP contribution in [0, 0.1) is 17.5 Å². The summed E-state index contributed by atoms with van der Waals surface area (Å²) in [6, 6.07) is 6.25. The van der Waals surface area contributed by atoms with Crippen molar-refractivity contribution in [1.82, 2.24) is 0 Å². The van der Waals surface area contributed by atoms with Crippen molar-refractivity contribution in [3.05, 3.63) is 53.3 Å². The van der Waals surface area contributed by atoms with Gasteiger partial charge in [0.25, 0.3) is 0 Å². The van der Waals surface area contributed by atoms with Gasteiger partial charge < -0.3 is 9.47 Å². The molecule has 0 aliphatic rings. The van der Waals surface area contributed by atoms with Crippen LogP contribution in [0.1, 0.15) is 17.3 Å². The first-order valence-corrected chi connectivity index (χ1v) is 6.85. The van der Waals surface area contributed by atoms with Crippen molar-refractivity contribution in [1.29, 1.82) is 0 Å². The molecule has 0 heterocycles. The van der Waals surface area contributed by atoms with Crippen molar-refractivity contribution < 1.29 is 27.4 Å². The molecule has 0 atom stereocenters. The van der Waals surface area contributed by atoms with Crippen LogP contribution >= 0.6 is 0 Å². The van der Waals surface area contributed by atoms with Gasteiger partial charge in [-0.1, -0.05) is 0 Å². The second-order valence-corrected chi connectivity index (χ2v) is 4.86. The van der Waals surface area contributed by atoms with E-state index >= 15 is 0 Å². The summed E-state index contributed by atoms with van der Waals surface area (Å²) in [5.74, 6) is -4.05. The molecule has 2 aromatic carbocycles. The van der Waals surface area contributed by atoms with Gasteiger partial charge in [-0.2, -0.15) is 0 Å². The van der Waals surface area contributed by atoms with Gasteiger partial charge in [0.15, 0.2) is 23.2 Å². The maximum absolute atomic E-state index is 13.5. The summed E-state index contributed by atoms with van der Waals surface area (Å²) in [5.41, 5.74) is 0.729. The average Bonchev–Trinajstić information content (AvgIpc) is 2.52. The zero-order valence-electron chi connectivity index (χ0n) is 12.7. The molecule has 3 nitrogen and oxygen atoms in total. The molecule has 0 aromatic heterocycles. The van der Waals surface area contributed by atoms with Gasteiger partial charge in [0.05, 0.1) is 6.61 Å². The number of hydrogen-bond donors (Lipinski definition) is 0. The molecule has 0 fully saturated rings. The average molecular weight is 324 g/mol. The Kier molecular flexibility index (Phi) is 5.39. The third kappa shape index (κ3) is 3.90. The Morgan fingerprint density at radius 2 is 1.70 bits per heavy atom. The number of hydrogen-bond acceptors (Lipinski definition) is 3. The predicted octanol–water partition coefficient (Wildman–Crippen LogP) is 4.00. The minimum atomic E-state index is -1.54. The van der Waals surface area contributed by atoms with E-state index in [1.165, 1.54) is 26.2 Å². The first kappa shape index (κ1) is 17.0. The molecule has 0 bridgehead atoms. The van der Waals surface area contributed by atoms with Gasteiger partial charge in [-0.25, -0.2) is 13.2 Å². The highest BCUT2D eigenvalue weighted by Crippen LogP contribution is 2.33. The van der Waals surface area contributed by atoms with Crippen molar-refractivity contribution in [2.24, 2.45) is 0 Å². The fourth-order valence-corrected chi connectivity index (χ4v) is 2.05. The van der Waals surface area contributed by atoms with Crippen LogP contribution in [0.3, 0.4) is 0 Å². The van der Waals surface area contributed by atoms with Crippen molar-refractivity contribution in [3.63, 3.8) is 0 Å². The molecule has 122 valence electrons. The van der Waals surface area contributed by atoms with Crippen LogP contribution < -0.4 is 4.74 Å². The van der Waals surface area contributed by atoms with Crippen molar-refractivity contribution in [2.45, 2.75) is 6.92 Å². The van der Waals surface area contributed by atoms with Crippen molar-refractivity contribution in [3.8, 4) is 16.9 Å². The first-order valence-electron chi connectivity index (χ1n) is 6.85. The summed E-state index contributed by atoms with van der Waals surface area (Å²) in [7, 11) is 1.51. The molecule has 0 aliphatic carbocycles. The number of halogens is 3. The molecule has 0 unspecified atom stereocenters. The molecule has 0 amide bonds. The number of methoxy groups -OCH3 is 1. The topological polar surface area (TPSA) is 35.5 Å². The number of rotatable bonds is 6. The zero-order valence-corrected chi connectivity index (χ0v) is 12.7. The Hall–Kier alpha value is -2.34. The second-order valence-electron chi connectivity index (χ2n) is 4.86. The highest BCUT2D eigenvalue weighted by Gasteiger charge is 2.16. The molecule has 2 rings (SSSR count). The lowest BCUT2D eigenvalue weighted by Crippen LogP contribution is -2.06. The molecular weight excluding hydrogens is 309 g/mol. The number of Topliss-reactive ketones (excluding diaryl/α,β-unsaturated/α-hetero) is 1. The van der Waals surface area contributed by atoms with E-state index in [0.29, 0.717) is 23.5 Å². The smallest absolute Gasteiger partial charge is 0.194 e. The predicted molar refractivity (Wildman–Crippen MR) is 79.1 cm³/mol. The Morgan fingerprint density at radius 3 is 2.26 bits per heavy atom. The Labute approximate surface area is 131 Å². The van der Waals surface area contributed by atoms with E-state index in [0.717, 1.165) is 12.1 Å². The van der Waals surface area contributed by atoms with Gasteiger partial charge in [-0.3, -0.25) is 4.79 Å². The maximum atomic E-state index is 13.5. The largest absolute Gasteiger partial charge is 0.491 e. The van der Waals surface area contributed by atoms with E-state index in [9.17, 15) is 18.0 Å². The van der Waals surface area contributed by atoms with E-state index in [1.54, 1.807) is 6.07 Å². The lowest BCUT2D eigenvalue weighted by molar-refractivity contribution is 0.101. The Bertz CT molecular complexity index is 706. The SMILES string of the molecule is COCCOc1ccc(C(C)=O)cc1-c1cc(F)c(F)c(F)c1. The van der Waals surface area contributed by atoms with E-state index in [1.807, 2.05) is 0 Å². The molecule has 6 heteroatoms. The summed E-state index contributed by atoms with van der Waals surface area (Å²) < 4.78 is 50.5.